The molecule has 1 N–H and O–H groups in total. The number of carboxylic acids is 1. The van der Waals surface area contributed by atoms with E-state index >= 15 is 0 Å². The van der Waals surface area contributed by atoms with E-state index in [-0.39, 0.29) is 11.7 Å². The molecule has 2 rings (SSSR count). The van der Waals surface area contributed by atoms with Gasteiger partial charge in [-0.2, -0.15) is 0 Å². The average Bonchev–Trinajstić information content (AvgIpc) is 2.49. The molecule has 0 unspecified atom stereocenters. The first-order valence-electron chi connectivity index (χ1n) is 7.81. The molecule has 0 bridgehead atoms. The molecule has 1 saturated carbocycles. The average molecular weight is 292 g/mol. The third-order valence-electron chi connectivity index (χ3n) is 4.16. The highest BCUT2D eigenvalue weighted by Crippen LogP contribution is 2.36. The van der Waals surface area contributed by atoms with E-state index in [1.54, 1.807) is 18.2 Å². The van der Waals surface area contributed by atoms with Crippen molar-refractivity contribution < 1.29 is 19.4 Å². The Morgan fingerprint density at radius 2 is 1.95 bits per heavy atom. The maximum Gasteiger partial charge on any atom is 0.339 e. The lowest BCUT2D eigenvalue weighted by Crippen LogP contribution is -2.25. The van der Waals surface area contributed by atoms with E-state index in [9.17, 15) is 9.90 Å². The van der Waals surface area contributed by atoms with Crippen LogP contribution < -0.4 is 9.47 Å². The molecule has 1 aromatic rings. The first kappa shape index (κ1) is 15.7. The van der Waals surface area contributed by atoms with Crippen LogP contribution in [0.4, 0.5) is 0 Å². The molecular formula is C17H24O4. The maximum absolute atomic E-state index is 11.4. The summed E-state index contributed by atoms with van der Waals surface area (Å²) in [5.41, 5.74) is 0.179. The molecule has 4 nitrogen and oxygen atoms in total. The van der Waals surface area contributed by atoms with Crippen LogP contribution in [0.1, 0.15) is 56.3 Å². The van der Waals surface area contributed by atoms with Gasteiger partial charge in [-0.05, 0) is 50.7 Å². The number of carboxylic acid groups (broad SMARTS) is 1. The van der Waals surface area contributed by atoms with Crippen LogP contribution in [0.25, 0.3) is 0 Å². The van der Waals surface area contributed by atoms with Crippen molar-refractivity contribution in [2.24, 2.45) is 5.92 Å². The zero-order valence-corrected chi connectivity index (χ0v) is 12.8. The van der Waals surface area contributed by atoms with Crippen LogP contribution in [0.3, 0.4) is 0 Å². The molecule has 0 spiro atoms. The Bertz CT molecular complexity index is 476. The van der Waals surface area contributed by atoms with E-state index in [0.29, 0.717) is 18.1 Å². The first-order chi connectivity index (χ1) is 10.2. The Morgan fingerprint density at radius 3 is 2.52 bits per heavy atom. The van der Waals surface area contributed by atoms with Crippen LogP contribution in [-0.2, 0) is 0 Å². The highest BCUT2D eigenvalue weighted by Gasteiger charge is 2.25. The Morgan fingerprint density at radius 1 is 1.24 bits per heavy atom. The van der Waals surface area contributed by atoms with E-state index in [0.717, 1.165) is 31.6 Å². The number of carbonyl (C=O) groups is 1. The number of para-hydroxylation sites is 1. The van der Waals surface area contributed by atoms with Crippen LogP contribution in [-0.4, -0.2) is 23.8 Å². The fourth-order valence-corrected chi connectivity index (χ4v) is 2.90. The van der Waals surface area contributed by atoms with Gasteiger partial charge in [0.2, 0.25) is 0 Å². The lowest BCUT2D eigenvalue weighted by Gasteiger charge is -2.29. The van der Waals surface area contributed by atoms with Crippen LogP contribution in [0, 0.1) is 5.92 Å². The van der Waals surface area contributed by atoms with Gasteiger partial charge in [-0.3, -0.25) is 0 Å². The molecule has 21 heavy (non-hydrogen) atoms. The summed E-state index contributed by atoms with van der Waals surface area (Å²) in [4.78, 5) is 11.4. The summed E-state index contributed by atoms with van der Waals surface area (Å²) >= 11 is 0. The van der Waals surface area contributed by atoms with Gasteiger partial charge in [0.15, 0.2) is 11.5 Å². The van der Waals surface area contributed by atoms with Gasteiger partial charge in [0.25, 0.3) is 0 Å². The monoisotopic (exact) mass is 292 g/mol. The SMILES string of the molecule is CCOc1cccc(C(=O)O)c1OC1CCC(CC)CC1. The van der Waals surface area contributed by atoms with Crippen LogP contribution in [0.15, 0.2) is 18.2 Å². The van der Waals surface area contributed by atoms with E-state index < -0.39 is 5.97 Å². The molecule has 0 radical (unpaired) electrons. The fourth-order valence-electron chi connectivity index (χ4n) is 2.90. The Labute approximate surface area is 126 Å². The molecule has 0 atom stereocenters. The van der Waals surface area contributed by atoms with Gasteiger partial charge in [-0.25, -0.2) is 4.79 Å². The normalized spacial score (nSPS) is 21.8. The highest BCUT2D eigenvalue weighted by atomic mass is 16.5. The molecule has 0 saturated heterocycles. The van der Waals surface area contributed by atoms with Gasteiger partial charge in [-0.1, -0.05) is 19.4 Å². The predicted octanol–water partition coefficient (Wildman–Crippen LogP) is 4.13. The quantitative estimate of drug-likeness (QED) is 0.856. The largest absolute Gasteiger partial charge is 0.490 e. The van der Waals surface area contributed by atoms with Gasteiger partial charge in [0.1, 0.15) is 5.56 Å². The molecule has 0 aliphatic heterocycles. The minimum atomic E-state index is -0.978. The lowest BCUT2D eigenvalue weighted by atomic mass is 9.86. The molecule has 1 aromatic carbocycles. The van der Waals surface area contributed by atoms with E-state index in [1.165, 1.54) is 6.42 Å². The van der Waals surface area contributed by atoms with Gasteiger partial charge >= 0.3 is 5.97 Å². The third-order valence-corrected chi connectivity index (χ3v) is 4.16. The van der Waals surface area contributed by atoms with Gasteiger partial charge in [0.05, 0.1) is 12.7 Å². The number of rotatable bonds is 6. The zero-order chi connectivity index (χ0) is 15.2. The van der Waals surface area contributed by atoms with E-state index in [4.69, 9.17) is 9.47 Å². The third kappa shape index (κ3) is 3.90. The van der Waals surface area contributed by atoms with Crippen LogP contribution in [0.2, 0.25) is 0 Å². The fraction of sp³-hybridized carbons (Fsp3) is 0.588. The first-order valence-corrected chi connectivity index (χ1v) is 7.81. The topological polar surface area (TPSA) is 55.8 Å². The maximum atomic E-state index is 11.4. The summed E-state index contributed by atoms with van der Waals surface area (Å²) in [7, 11) is 0. The lowest BCUT2D eigenvalue weighted by molar-refractivity contribution is 0.0680. The van der Waals surface area contributed by atoms with Crippen molar-refractivity contribution >= 4 is 5.97 Å². The standard InChI is InChI=1S/C17H24O4/c1-3-12-8-10-13(11-9-12)21-16-14(17(18)19)6-5-7-15(16)20-4-2/h5-7,12-13H,3-4,8-11H2,1-2H3,(H,18,19). The second-order valence-corrected chi connectivity index (χ2v) is 5.54. The predicted molar refractivity (Wildman–Crippen MR) is 81.2 cm³/mol. The summed E-state index contributed by atoms with van der Waals surface area (Å²) in [6.45, 7) is 4.59. The van der Waals surface area contributed by atoms with Gasteiger partial charge < -0.3 is 14.6 Å². The molecular weight excluding hydrogens is 268 g/mol. The van der Waals surface area contributed by atoms with E-state index in [1.807, 2.05) is 6.92 Å². The minimum absolute atomic E-state index is 0.0903. The highest BCUT2D eigenvalue weighted by molar-refractivity contribution is 5.92. The van der Waals surface area contributed by atoms with Crippen molar-refractivity contribution in [3.63, 3.8) is 0 Å². The molecule has 116 valence electrons. The molecule has 0 amide bonds. The molecule has 1 aliphatic rings. The van der Waals surface area contributed by atoms with Gasteiger partial charge in [-0.15, -0.1) is 0 Å². The Kier molecular flexibility index (Phi) is 5.48. The number of aromatic carboxylic acids is 1. The number of ether oxygens (including phenoxy) is 2. The van der Waals surface area contributed by atoms with E-state index in [2.05, 4.69) is 6.92 Å². The smallest absolute Gasteiger partial charge is 0.339 e. The molecule has 1 fully saturated rings. The minimum Gasteiger partial charge on any atom is -0.490 e. The van der Waals surface area contributed by atoms with Crippen molar-refractivity contribution in [2.45, 2.75) is 52.1 Å². The molecule has 1 aliphatic carbocycles. The van der Waals surface area contributed by atoms with Crippen molar-refractivity contribution in [2.75, 3.05) is 6.61 Å². The second-order valence-electron chi connectivity index (χ2n) is 5.54. The van der Waals surface area contributed by atoms with Gasteiger partial charge in [0, 0.05) is 0 Å². The number of benzene rings is 1. The van der Waals surface area contributed by atoms with Crippen LogP contribution in [0.5, 0.6) is 11.5 Å². The Balaban J connectivity index is 2.15. The Hall–Kier alpha value is -1.71. The summed E-state index contributed by atoms with van der Waals surface area (Å²) < 4.78 is 11.5. The molecule has 0 aromatic heterocycles. The van der Waals surface area contributed by atoms with Crippen molar-refractivity contribution in [1.29, 1.82) is 0 Å². The second kappa shape index (κ2) is 7.34. The summed E-state index contributed by atoms with van der Waals surface area (Å²) in [6, 6.07) is 5.02. The number of hydrogen-bond acceptors (Lipinski definition) is 3. The summed E-state index contributed by atoms with van der Waals surface area (Å²) in [6.07, 6.45) is 5.58. The zero-order valence-electron chi connectivity index (χ0n) is 12.8. The van der Waals surface area contributed by atoms with Crippen molar-refractivity contribution in [3.05, 3.63) is 23.8 Å². The molecule has 4 heteroatoms. The summed E-state index contributed by atoms with van der Waals surface area (Å²) in [5, 5.41) is 9.33. The summed E-state index contributed by atoms with van der Waals surface area (Å²) in [5.74, 6) is 0.710. The van der Waals surface area contributed by atoms with Crippen LogP contribution >= 0.6 is 0 Å². The molecule has 0 heterocycles. The number of hydrogen-bond donors (Lipinski definition) is 1. The van der Waals surface area contributed by atoms with Crippen molar-refractivity contribution in [1.82, 2.24) is 0 Å². The van der Waals surface area contributed by atoms with Crippen molar-refractivity contribution in [3.8, 4) is 11.5 Å².